The molecule has 0 saturated carbocycles. The molecule has 96 valence electrons. The first-order valence-corrected chi connectivity index (χ1v) is 6.18. The predicted octanol–water partition coefficient (Wildman–Crippen LogP) is 2.77. The summed E-state index contributed by atoms with van der Waals surface area (Å²) in [5, 5.41) is 12.8. The second-order valence-electron chi connectivity index (χ2n) is 4.57. The second-order valence-corrected chi connectivity index (χ2v) is 4.57. The minimum absolute atomic E-state index is 0.125. The smallest absolute Gasteiger partial charge is 0.123 e. The van der Waals surface area contributed by atoms with E-state index in [4.69, 9.17) is 0 Å². The Morgan fingerprint density at radius 2 is 1.94 bits per heavy atom. The highest BCUT2D eigenvalue weighted by molar-refractivity contribution is 5.26. The van der Waals surface area contributed by atoms with Gasteiger partial charge in [-0.05, 0) is 43.0 Å². The van der Waals surface area contributed by atoms with Gasteiger partial charge >= 0.3 is 0 Å². The second kappa shape index (κ2) is 6.12. The minimum Gasteiger partial charge on any atom is -0.394 e. The van der Waals surface area contributed by atoms with Crippen LogP contribution < -0.4 is 5.32 Å². The average Bonchev–Trinajstić information content (AvgIpc) is 2.33. The maximum absolute atomic E-state index is 13.0. The lowest BCUT2D eigenvalue weighted by molar-refractivity contribution is 0.149. The first-order chi connectivity index (χ1) is 8.06. The van der Waals surface area contributed by atoms with E-state index in [0.717, 1.165) is 24.0 Å². The molecule has 0 amide bonds. The van der Waals surface area contributed by atoms with Crippen LogP contribution in [0.25, 0.3) is 0 Å². The van der Waals surface area contributed by atoms with Gasteiger partial charge in [0.2, 0.25) is 0 Å². The number of aryl methyl sites for hydroxylation is 1. The van der Waals surface area contributed by atoms with Crippen LogP contribution in [-0.2, 0) is 6.54 Å². The van der Waals surface area contributed by atoms with Crippen molar-refractivity contribution in [1.82, 2.24) is 5.32 Å². The summed E-state index contributed by atoms with van der Waals surface area (Å²) >= 11 is 0. The fourth-order valence-electron chi connectivity index (χ4n) is 1.92. The number of benzene rings is 1. The maximum Gasteiger partial charge on any atom is 0.123 e. The molecule has 2 N–H and O–H groups in total. The Morgan fingerprint density at radius 1 is 1.29 bits per heavy atom. The molecular weight excluding hydrogens is 217 g/mol. The van der Waals surface area contributed by atoms with Gasteiger partial charge in [0.25, 0.3) is 0 Å². The van der Waals surface area contributed by atoms with Crippen molar-refractivity contribution in [1.29, 1.82) is 0 Å². The Balaban J connectivity index is 2.72. The lowest BCUT2D eigenvalue weighted by Crippen LogP contribution is -2.47. The van der Waals surface area contributed by atoms with Gasteiger partial charge in [0.1, 0.15) is 5.82 Å². The zero-order valence-electron chi connectivity index (χ0n) is 10.9. The van der Waals surface area contributed by atoms with E-state index >= 15 is 0 Å². The van der Waals surface area contributed by atoms with Gasteiger partial charge in [-0.2, -0.15) is 0 Å². The summed E-state index contributed by atoms with van der Waals surface area (Å²) in [4.78, 5) is 0. The highest BCUT2D eigenvalue weighted by atomic mass is 19.1. The summed E-state index contributed by atoms with van der Waals surface area (Å²) < 4.78 is 13.0. The van der Waals surface area contributed by atoms with Crippen LogP contribution in [-0.4, -0.2) is 17.3 Å². The van der Waals surface area contributed by atoms with Crippen molar-refractivity contribution >= 4 is 0 Å². The highest BCUT2D eigenvalue weighted by Crippen LogP contribution is 2.17. The van der Waals surface area contributed by atoms with Crippen LogP contribution in [0.4, 0.5) is 4.39 Å². The van der Waals surface area contributed by atoms with Crippen molar-refractivity contribution in [2.45, 2.75) is 45.7 Å². The molecular formula is C14H22FNO. The zero-order valence-corrected chi connectivity index (χ0v) is 10.9. The minimum atomic E-state index is -0.221. The molecule has 0 unspecified atom stereocenters. The molecule has 17 heavy (non-hydrogen) atoms. The van der Waals surface area contributed by atoms with E-state index in [1.807, 2.05) is 6.92 Å². The van der Waals surface area contributed by atoms with Gasteiger partial charge in [-0.15, -0.1) is 0 Å². The van der Waals surface area contributed by atoms with Crippen LogP contribution >= 0.6 is 0 Å². The molecule has 0 atom stereocenters. The van der Waals surface area contributed by atoms with Crippen molar-refractivity contribution in [3.8, 4) is 0 Å². The molecule has 0 aliphatic carbocycles. The average molecular weight is 239 g/mol. The molecule has 0 aromatic heterocycles. The normalized spacial score (nSPS) is 11.8. The summed E-state index contributed by atoms with van der Waals surface area (Å²) in [7, 11) is 0. The number of hydrogen-bond donors (Lipinski definition) is 2. The quantitative estimate of drug-likeness (QED) is 0.800. The van der Waals surface area contributed by atoms with Crippen molar-refractivity contribution < 1.29 is 9.50 Å². The molecule has 3 heteroatoms. The van der Waals surface area contributed by atoms with Crippen molar-refractivity contribution in [2.24, 2.45) is 0 Å². The molecule has 0 heterocycles. The summed E-state index contributed by atoms with van der Waals surface area (Å²) in [6, 6.07) is 4.81. The van der Waals surface area contributed by atoms with E-state index in [9.17, 15) is 9.50 Å². The fraction of sp³-hybridized carbons (Fsp3) is 0.571. The Labute approximate surface area is 103 Å². The summed E-state index contributed by atoms with van der Waals surface area (Å²) in [6.45, 7) is 6.81. The molecule has 0 fully saturated rings. The van der Waals surface area contributed by atoms with Crippen molar-refractivity contribution in [2.75, 3.05) is 6.61 Å². The lowest BCUT2D eigenvalue weighted by atomic mass is 9.93. The topological polar surface area (TPSA) is 32.3 Å². The third-order valence-corrected chi connectivity index (χ3v) is 3.61. The molecule has 0 bridgehead atoms. The third-order valence-electron chi connectivity index (χ3n) is 3.61. The number of hydrogen-bond acceptors (Lipinski definition) is 2. The van der Waals surface area contributed by atoms with Crippen LogP contribution in [0, 0.1) is 12.7 Å². The number of aliphatic hydroxyl groups excluding tert-OH is 1. The van der Waals surface area contributed by atoms with Gasteiger partial charge < -0.3 is 10.4 Å². The van der Waals surface area contributed by atoms with E-state index in [1.165, 1.54) is 12.1 Å². The predicted molar refractivity (Wildman–Crippen MR) is 68.4 cm³/mol. The lowest BCUT2D eigenvalue weighted by Gasteiger charge is -2.31. The van der Waals surface area contributed by atoms with Crippen LogP contribution in [0.1, 0.15) is 37.8 Å². The van der Waals surface area contributed by atoms with Crippen LogP contribution in [0.2, 0.25) is 0 Å². The molecule has 2 nitrogen and oxygen atoms in total. The van der Waals surface area contributed by atoms with Crippen LogP contribution in [0.15, 0.2) is 18.2 Å². The summed E-state index contributed by atoms with van der Waals surface area (Å²) in [5.41, 5.74) is 1.79. The van der Waals surface area contributed by atoms with E-state index in [0.29, 0.717) is 6.54 Å². The van der Waals surface area contributed by atoms with Gasteiger partial charge in [-0.25, -0.2) is 4.39 Å². The zero-order chi connectivity index (χ0) is 12.9. The Bertz CT molecular complexity index is 353. The summed E-state index contributed by atoms with van der Waals surface area (Å²) in [6.07, 6.45) is 1.75. The molecule has 1 aromatic carbocycles. The van der Waals surface area contributed by atoms with E-state index < -0.39 is 0 Å². The molecule has 0 aliphatic heterocycles. The maximum atomic E-state index is 13.0. The number of halogens is 1. The van der Waals surface area contributed by atoms with E-state index in [-0.39, 0.29) is 18.0 Å². The van der Waals surface area contributed by atoms with E-state index in [2.05, 4.69) is 19.2 Å². The van der Waals surface area contributed by atoms with Crippen LogP contribution in [0.3, 0.4) is 0 Å². The fourth-order valence-corrected chi connectivity index (χ4v) is 1.92. The number of rotatable bonds is 6. The number of aliphatic hydroxyl groups is 1. The molecule has 0 aliphatic rings. The van der Waals surface area contributed by atoms with Gasteiger partial charge in [-0.3, -0.25) is 0 Å². The Hall–Kier alpha value is -0.930. The highest BCUT2D eigenvalue weighted by Gasteiger charge is 2.24. The Morgan fingerprint density at radius 3 is 2.41 bits per heavy atom. The molecule has 0 saturated heterocycles. The van der Waals surface area contributed by atoms with Crippen molar-refractivity contribution in [3.05, 3.63) is 35.1 Å². The summed E-state index contributed by atoms with van der Waals surface area (Å²) in [5.74, 6) is -0.203. The largest absolute Gasteiger partial charge is 0.394 e. The van der Waals surface area contributed by atoms with Gasteiger partial charge in [0.05, 0.1) is 6.61 Å². The van der Waals surface area contributed by atoms with E-state index in [1.54, 1.807) is 6.07 Å². The van der Waals surface area contributed by atoms with Gasteiger partial charge in [0.15, 0.2) is 0 Å². The molecule has 1 rings (SSSR count). The van der Waals surface area contributed by atoms with Crippen molar-refractivity contribution in [3.63, 3.8) is 0 Å². The molecule has 1 aromatic rings. The van der Waals surface area contributed by atoms with Gasteiger partial charge in [0, 0.05) is 12.1 Å². The first-order valence-electron chi connectivity index (χ1n) is 6.18. The SMILES string of the molecule is CCC(CC)(CO)NCc1ccc(F)cc1C. The number of nitrogens with one attached hydrogen (secondary N) is 1. The van der Waals surface area contributed by atoms with Gasteiger partial charge in [-0.1, -0.05) is 19.9 Å². The standard InChI is InChI=1S/C14H22FNO/c1-4-14(5-2,10-17)16-9-12-6-7-13(15)8-11(12)3/h6-8,16-17H,4-5,9-10H2,1-3H3. The first kappa shape index (κ1) is 14.1. The monoisotopic (exact) mass is 239 g/mol. The third kappa shape index (κ3) is 3.51. The molecule has 0 radical (unpaired) electrons. The Kier molecular flexibility index (Phi) is 5.09. The molecule has 0 spiro atoms. The van der Waals surface area contributed by atoms with Crippen LogP contribution in [0.5, 0.6) is 0 Å².